The van der Waals surface area contributed by atoms with E-state index in [0.717, 1.165) is 29.7 Å². The predicted octanol–water partition coefficient (Wildman–Crippen LogP) is 0.655. The summed E-state index contributed by atoms with van der Waals surface area (Å²) in [6, 6.07) is 1.94. The van der Waals surface area contributed by atoms with Crippen molar-refractivity contribution in [1.82, 2.24) is 19.7 Å². The van der Waals surface area contributed by atoms with E-state index >= 15 is 0 Å². The van der Waals surface area contributed by atoms with Crippen molar-refractivity contribution in [2.45, 2.75) is 6.42 Å². The van der Waals surface area contributed by atoms with Gasteiger partial charge >= 0.3 is 0 Å². The van der Waals surface area contributed by atoms with Crippen LogP contribution in [0.3, 0.4) is 0 Å². The second kappa shape index (κ2) is 4.09. The smallest absolute Gasteiger partial charge is 0.157 e. The second-order valence-electron chi connectivity index (χ2n) is 4.26. The first-order valence-corrected chi connectivity index (χ1v) is 5.30. The van der Waals surface area contributed by atoms with Crippen molar-refractivity contribution in [3.63, 3.8) is 0 Å². The van der Waals surface area contributed by atoms with E-state index in [2.05, 4.69) is 29.1 Å². The van der Waals surface area contributed by atoms with Crippen LogP contribution < -0.4 is 5.73 Å². The molecule has 2 aromatic rings. The Morgan fingerprint density at radius 3 is 2.88 bits per heavy atom. The molecule has 5 nitrogen and oxygen atoms in total. The molecule has 2 heterocycles. The molecule has 0 aromatic carbocycles. The van der Waals surface area contributed by atoms with Crippen molar-refractivity contribution >= 4 is 16.7 Å². The van der Waals surface area contributed by atoms with Gasteiger partial charge in [0.05, 0.1) is 17.6 Å². The maximum atomic E-state index is 5.75. The van der Waals surface area contributed by atoms with Crippen molar-refractivity contribution in [3.8, 4) is 0 Å². The van der Waals surface area contributed by atoms with Crippen molar-refractivity contribution < 1.29 is 0 Å². The van der Waals surface area contributed by atoms with Crippen LogP contribution in [-0.4, -0.2) is 40.3 Å². The molecule has 2 N–H and O–H groups in total. The van der Waals surface area contributed by atoms with Gasteiger partial charge in [-0.3, -0.25) is 4.68 Å². The van der Waals surface area contributed by atoms with E-state index < -0.39 is 0 Å². The number of likely N-dealkylation sites (N-methyl/N-ethyl adjacent to an activating group) is 1. The largest absolute Gasteiger partial charge is 0.397 e. The third kappa shape index (κ3) is 1.99. The average Bonchev–Trinajstić information content (AvgIpc) is 2.52. The van der Waals surface area contributed by atoms with E-state index in [4.69, 9.17) is 5.73 Å². The molecule has 16 heavy (non-hydrogen) atoms. The number of nitrogens with zero attached hydrogens (tertiary/aromatic N) is 4. The summed E-state index contributed by atoms with van der Waals surface area (Å²) in [6.07, 6.45) is 2.58. The fraction of sp³-hybridized carbons (Fsp3) is 0.455. The molecule has 2 rings (SSSR count). The van der Waals surface area contributed by atoms with E-state index in [1.165, 1.54) is 0 Å². The lowest BCUT2D eigenvalue weighted by atomic mass is 10.2. The van der Waals surface area contributed by atoms with Crippen molar-refractivity contribution in [3.05, 3.63) is 18.0 Å². The number of nitrogen functional groups attached to an aromatic ring is 1. The number of hydrogen-bond donors (Lipinski definition) is 1. The summed E-state index contributed by atoms with van der Waals surface area (Å²) in [4.78, 5) is 6.43. The van der Waals surface area contributed by atoms with Gasteiger partial charge in [0.1, 0.15) is 0 Å². The van der Waals surface area contributed by atoms with Crippen LogP contribution in [0.1, 0.15) is 5.69 Å². The number of nitrogens with two attached hydrogens (primary N) is 1. The van der Waals surface area contributed by atoms with Gasteiger partial charge in [-0.15, -0.1) is 0 Å². The molecule has 0 aliphatic rings. The second-order valence-corrected chi connectivity index (χ2v) is 4.26. The Balaban J connectivity index is 2.41. The van der Waals surface area contributed by atoms with Crippen molar-refractivity contribution in [1.29, 1.82) is 0 Å². The molecule has 86 valence electrons. The maximum absolute atomic E-state index is 5.75. The molecule has 0 atom stereocenters. The monoisotopic (exact) mass is 219 g/mol. The summed E-state index contributed by atoms with van der Waals surface area (Å²) >= 11 is 0. The number of rotatable bonds is 3. The Hall–Kier alpha value is -1.62. The molecular weight excluding hydrogens is 202 g/mol. The van der Waals surface area contributed by atoms with Crippen LogP contribution in [0, 0.1) is 0 Å². The summed E-state index contributed by atoms with van der Waals surface area (Å²) in [6.45, 7) is 0.973. The Kier molecular flexibility index (Phi) is 2.78. The minimum Gasteiger partial charge on any atom is -0.397 e. The van der Waals surface area contributed by atoms with E-state index in [1.807, 2.05) is 13.1 Å². The molecule has 0 saturated heterocycles. The Morgan fingerprint density at radius 1 is 1.44 bits per heavy atom. The quantitative estimate of drug-likeness (QED) is 0.823. The van der Waals surface area contributed by atoms with Gasteiger partial charge < -0.3 is 10.6 Å². The highest BCUT2D eigenvalue weighted by Gasteiger charge is 2.09. The fourth-order valence-electron chi connectivity index (χ4n) is 1.74. The summed E-state index contributed by atoms with van der Waals surface area (Å²) in [7, 11) is 6.01. The summed E-state index contributed by atoms with van der Waals surface area (Å²) < 4.78 is 1.81. The minimum absolute atomic E-state index is 0.687. The van der Waals surface area contributed by atoms with Crippen LogP contribution in [0.5, 0.6) is 0 Å². The molecule has 0 fully saturated rings. The van der Waals surface area contributed by atoms with E-state index in [-0.39, 0.29) is 0 Å². The zero-order chi connectivity index (χ0) is 11.7. The lowest BCUT2D eigenvalue weighted by Crippen LogP contribution is -2.15. The lowest BCUT2D eigenvalue weighted by molar-refractivity contribution is 0.411. The van der Waals surface area contributed by atoms with Crippen LogP contribution in [-0.2, 0) is 13.5 Å². The van der Waals surface area contributed by atoms with Crippen LogP contribution in [0.15, 0.2) is 12.3 Å². The Labute approximate surface area is 94.9 Å². The molecule has 5 heteroatoms. The topological polar surface area (TPSA) is 60.0 Å². The third-order valence-electron chi connectivity index (χ3n) is 2.57. The Morgan fingerprint density at radius 2 is 2.19 bits per heavy atom. The summed E-state index contributed by atoms with van der Waals surface area (Å²) in [5, 5.41) is 5.53. The third-order valence-corrected chi connectivity index (χ3v) is 2.57. The molecule has 0 radical (unpaired) electrons. The molecule has 0 aliphatic carbocycles. The van der Waals surface area contributed by atoms with Gasteiger partial charge in [-0.05, 0) is 20.2 Å². The van der Waals surface area contributed by atoms with Gasteiger partial charge in [-0.1, -0.05) is 0 Å². The molecular formula is C11H17N5. The highest BCUT2D eigenvalue weighted by atomic mass is 15.3. The van der Waals surface area contributed by atoms with Crippen LogP contribution in [0.4, 0.5) is 5.69 Å². The van der Waals surface area contributed by atoms with E-state index in [9.17, 15) is 0 Å². The maximum Gasteiger partial charge on any atom is 0.157 e. The van der Waals surface area contributed by atoms with Crippen molar-refractivity contribution in [2.75, 3.05) is 26.4 Å². The molecule has 0 aliphatic heterocycles. The first-order valence-electron chi connectivity index (χ1n) is 5.30. The minimum atomic E-state index is 0.687. The van der Waals surface area contributed by atoms with Gasteiger partial charge in [0.25, 0.3) is 0 Å². The van der Waals surface area contributed by atoms with Crippen molar-refractivity contribution in [2.24, 2.45) is 7.05 Å². The normalized spacial score (nSPS) is 11.5. The van der Waals surface area contributed by atoms with Gasteiger partial charge in [-0.25, -0.2) is 4.98 Å². The molecule has 0 amide bonds. The molecule has 0 spiro atoms. The number of fused-ring (bicyclic) bond motifs is 1. The van der Waals surface area contributed by atoms with Crippen LogP contribution in [0.2, 0.25) is 0 Å². The Bertz CT molecular complexity index is 500. The lowest BCUT2D eigenvalue weighted by Gasteiger charge is -2.07. The predicted molar refractivity (Wildman–Crippen MR) is 65.2 cm³/mol. The molecule has 0 saturated carbocycles. The first kappa shape index (κ1) is 10.9. The molecule has 2 aromatic heterocycles. The highest BCUT2D eigenvalue weighted by Crippen LogP contribution is 2.18. The van der Waals surface area contributed by atoms with E-state index in [0.29, 0.717) is 5.69 Å². The van der Waals surface area contributed by atoms with Gasteiger partial charge in [-0.2, -0.15) is 5.10 Å². The zero-order valence-corrected chi connectivity index (χ0v) is 9.94. The van der Waals surface area contributed by atoms with Crippen LogP contribution in [0.25, 0.3) is 11.0 Å². The molecule has 0 bridgehead atoms. The number of aryl methyl sites for hydroxylation is 1. The van der Waals surface area contributed by atoms with Gasteiger partial charge in [0, 0.05) is 25.4 Å². The number of aromatic nitrogens is 3. The highest BCUT2D eigenvalue weighted by molar-refractivity contribution is 5.81. The van der Waals surface area contributed by atoms with Gasteiger partial charge in [0.15, 0.2) is 5.65 Å². The van der Waals surface area contributed by atoms with Crippen LogP contribution >= 0.6 is 0 Å². The zero-order valence-electron chi connectivity index (χ0n) is 9.94. The number of pyridine rings is 1. The molecule has 0 unspecified atom stereocenters. The summed E-state index contributed by atoms with van der Waals surface area (Å²) in [5.74, 6) is 0. The number of anilines is 1. The van der Waals surface area contributed by atoms with E-state index in [1.54, 1.807) is 10.9 Å². The number of hydrogen-bond acceptors (Lipinski definition) is 4. The SMILES string of the molecule is CN(C)CCc1nn(C)c2ncc(N)cc12. The average molecular weight is 219 g/mol. The fourth-order valence-corrected chi connectivity index (χ4v) is 1.74. The summed E-state index contributed by atoms with van der Waals surface area (Å²) in [5.41, 5.74) is 8.39. The van der Waals surface area contributed by atoms with Gasteiger partial charge in [0.2, 0.25) is 0 Å². The standard InChI is InChI=1S/C11H17N5/c1-15(2)5-4-10-9-6-8(12)7-13-11(9)16(3)14-10/h6-7H,4-5,12H2,1-3H3. The first-order chi connectivity index (χ1) is 7.58.